The predicted octanol–water partition coefficient (Wildman–Crippen LogP) is 4.18. The van der Waals surface area contributed by atoms with Crippen molar-refractivity contribution >= 4 is 22.6 Å². The van der Waals surface area contributed by atoms with E-state index in [-0.39, 0.29) is 0 Å². The molecule has 0 saturated heterocycles. The molecule has 1 heterocycles. The third-order valence-electron chi connectivity index (χ3n) is 4.02. The number of halogens is 1. The number of hydrogen-bond donors (Lipinski definition) is 0. The summed E-state index contributed by atoms with van der Waals surface area (Å²) in [6.07, 6.45) is 4.74. The summed E-state index contributed by atoms with van der Waals surface area (Å²) in [5.74, 6) is 2.64. The fourth-order valence-corrected chi connectivity index (χ4v) is 3.34. The second-order valence-corrected chi connectivity index (χ2v) is 5.78. The summed E-state index contributed by atoms with van der Waals surface area (Å²) < 4.78 is 2.45. The fourth-order valence-electron chi connectivity index (χ4n) is 3.17. The van der Waals surface area contributed by atoms with Crippen LogP contribution in [0, 0.1) is 5.92 Å². The zero-order valence-electron chi connectivity index (χ0n) is 10.8. The fraction of sp³-hybridized carbons (Fsp3) is 0.533. The summed E-state index contributed by atoms with van der Waals surface area (Å²) in [7, 11) is 0. The maximum absolute atomic E-state index is 5.92. The van der Waals surface area contributed by atoms with E-state index in [4.69, 9.17) is 16.6 Å². The molecule has 1 aromatic carbocycles. The summed E-state index contributed by atoms with van der Waals surface area (Å²) in [4.78, 5) is 4.75. The molecule has 2 unspecified atom stereocenters. The lowest BCUT2D eigenvalue weighted by Crippen LogP contribution is -2.10. The van der Waals surface area contributed by atoms with E-state index in [0.29, 0.717) is 11.9 Å². The van der Waals surface area contributed by atoms with Gasteiger partial charge >= 0.3 is 0 Å². The highest BCUT2D eigenvalue weighted by atomic mass is 35.5. The number of nitrogens with zero attached hydrogens (tertiary/aromatic N) is 2. The Balaban J connectivity index is 2.09. The molecular formula is C15H19ClN2. The molecule has 2 atom stereocenters. The molecule has 96 valence electrons. The number of para-hydroxylation sites is 2. The van der Waals surface area contributed by atoms with E-state index in [1.54, 1.807) is 0 Å². The Morgan fingerprint density at radius 1 is 1.33 bits per heavy atom. The molecule has 1 aromatic heterocycles. The number of imidazole rings is 1. The van der Waals surface area contributed by atoms with Gasteiger partial charge in [0.25, 0.3) is 0 Å². The number of benzene rings is 1. The van der Waals surface area contributed by atoms with Crippen LogP contribution in [0.1, 0.15) is 38.1 Å². The average Bonchev–Trinajstić information content (AvgIpc) is 2.92. The minimum absolute atomic E-state index is 0.616. The molecule has 2 aromatic rings. The summed E-state index contributed by atoms with van der Waals surface area (Å²) in [6, 6.07) is 9.06. The molecule has 0 amide bonds. The minimum Gasteiger partial charge on any atom is -0.325 e. The van der Waals surface area contributed by atoms with Crippen molar-refractivity contribution in [1.82, 2.24) is 9.55 Å². The van der Waals surface area contributed by atoms with Gasteiger partial charge in [-0.15, -0.1) is 11.6 Å². The lowest BCUT2D eigenvalue weighted by Gasteiger charge is -2.16. The molecule has 1 aliphatic rings. The molecule has 18 heavy (non-hydrogen) atoms. The highest BCUT2D eigenvalue weighted by molar-refractivity contribution is 6.17. The quantitative estimate of drug-likeness (QED) is 0.759. The SMILES string of the molecule is CC1CCC(n2c(CCCl)nc3ccccc32)C1. The second kappa shape index (κ2) is 4.93. The normalized spacial score (nSPS) is 23.9. The molecule has 0 N–H and O–H groups in total. The van der Waals surface area contributed by atoms with Crippen molar-refractivity contribution < 1.29 is 0 Å². The van der Waals surface area contributed by atoms with E-state index in [0.717, 1.165) is 23.7 Å². The van der Waals surface area contributed by atoms with Gasteiger partial charge in [0.1, 0.15) is 5.82 Å². The zero-order valence-corrected chi connectivity index (χ0v) is 11.5. The standard InChI is InChI=1S/C15H19ClN2/c1-11-6-7-12(10-11)18-14-5-3-2-4-13(14)17-15(18)8-9-16/h2-5,11-12H,6-10H2,1H3. The number of fused-ring (bicyclic) bond motifs is 1. The third kappa shape index (κ3) is 2.03. The Hall–Kier alpha value is -1.02. The first-order valence-corrected chi connectivity index (χ1v) is 7.35. The van der Waals surface area contributed by atoms with E-state index in [2.05, 4.69) is 35.8 Å². The minimum atomic E-state index is 0.616. The van der Waals surface area contributed by atoms with Crippen LogP contribution in [0.5, 0.6) is 0 Å². The highest BCUT2D eigenvalue weighted by Gasteiger charge is 2.26. The Bertz CT molecular complexity index is 546. The lowest BCUT2D eigenvalue weighted by molar-refractivity contribution is 0.490. The number of aromatic nitrogens is 2. The van der Waals surface area contributed by atoms with E-state index in [9.17, 15) is 0 Å². The third-order valence-corrected chi connectivity index (χ3v) is 4.21. The number of aryl methyl sites for hydroxylation is 1. The zero-order chi connectivity index (χ0) is 12.5. The lowest BCUT2D eigenvalue weighted by atomic mass is 10.1. The summed E-state index contributed by atoms with van der Waals surface area (Å²) in [5, 5.41) is 0. The van der Waals surface area contributed by atoms with E-state index in [1.165, 1.54) is 24.8 Å². The number of hydrogen-bond acceptors (Lipinski definition) is 1. The molecule has 0 radical (unpaired) electrons. The Morgan fingerprint density at radius 3 is 2.89 bits per heavy atom. The van der Waals surface area contributed by atoms with Crippen LogP contribution in [0.2, 0.25) is 0 Å². The van der Waals surface area contributed by atoms with Crippen molar-refractivity contribution in [2.75, 3.05) is 5.88 Å². The van der Waals surface area contributed by atoms with Gasteiger partial charge in [-0.25, -0.2) is 4.98 Å². The summed E-state index contributed by atoms with van der Waals surface area (Å²) >= 11 is 5.92. The van der Waals surface area contributed by atoms with Crippen molar-refractivity contribution in [3.8, 4) is 0 Å². The Kier molecular flexibility index (Phi) is 3.29. The molecule has 1 aliphatic carbocycles. The van der Waals surface area contributed by atoms with Crippen molar-refractivity contribution in [3.05, 3.63) is 30.1 Å². The highest BCUT2D eigenvalue weighted by Crippen LogP contribution is 2.37. The molecule has 1 fully saturated rings. The molecule has 3 rings (SSSR count). The summed E-state index contributed by atoms with van der Waals surface area (Å²) in [6.45, 7) is 2.35. The number of rotatable bonds is 3. The van der Waals surface area contributed by atoms with Gasteiger partial charge in [-0.05, 0) is 37.3 Å². The van der Waals surface area contributed by atoms with Gasteiger partial charge in [-0.2, -0.15) is 0 Å². The van der Waals surface area contributed by atoms with Crippen molar-refractivity contribution in [1.29, 1.82) is 0 Å². The van der Waals surface area contributed by atoms with Crippen molar-refractivity contribution in [3.63, 3.8) is 0 Å². The van der Waals surface area contributed by atoms with Gasteiger partial charge in [0.15, 0.2) is 0 Å². The van der Waals surface area contributed by atoms with Gasteiger partial charge in [0.05, 0.1) is 11.0 Å². The Labute approximate surface area is 113 Å². The largest absolute Gasteiger partial charge is 0.325 e. The molecule has 2 nitrogen and oxygen atoms in total. The topological polar surface area (TPSA) is 17.8 Å². The molecule has 1 saturated carbocycles. The average molecular weight is 263 g/mol. The smallest absolute Gasteiger partial charge is 0.111 e. The van der Waals surface area contributed by atoms with Gasteiger partial charge < -0.3 is 4.57 Å². The van der Waals surface area contributed by atoms with Crippen LogP contribution in [0.3, 0.4) is 0 Å². The van der Waals surface area contributed by atoms with Gasteiger partial charge in [0, 0.05) is 18.3 Å². The molecule has 0 bridgehead atoms. The van der Waals surface area contributed by atoms with Gasteiger partial charge in [0.2, 0.25) is 0 Å². The molecular weight excluding hydrogens is 244 g/mol. The first-order valence-electron chi connectivity index (χ1n) is 6.81. The van der Waals surface area contributed by atoms with Crippen LogP contribution in [0.4, 0.5) is 0 Å². The predicted molar refractivity (Wildman–Crippen MR) is 76.2 cm³/mol. The van der Waals surface area contributed by atoms with Crippen LogP contribution in [-0.4, -0.2) is 15.4 Å². The van der Waals surface area contributed by atoms with Crippen LogP contribution < -0.4 is 0 Å². The summed E-state index contributed by atoms with van der Waals surface area (Å²) in [5.41, 5.74) is 2.38. The van der Waals surface area contributed by atoms with Crippen LogP contribution in [0.15, 0.2) is 24.3 Å². The van der Waals surface area contributed by atoms with Crippen LogP contribution >= 0.6 is 11.6 Å². The van der Waals surface area contributed by atoms with Crippen molar-refractivity contribution in [2.24, 2.45) is 5.92 Å². The van der Waals surface area contributed by atoms with Gasteiger partial charge in [-0.3, -0.25) is 0 Å². The van der Waals surface area contributed by atoms with E-state index < -0.39 is 0 Å². The maximum atomic E-state index is 5.92. The van der Waals surface area contributed by atoms with E-state index in [1.807, 2.05) is 0 Å². The van der Waals surface area contributed by atoms with E-state index >= 15 is 0 Å². The first kappa shape index (κ1) is 12.0. The van der Waals surface area contributed by atoms with Gasteiger partial charge in [-0.1, -0.05) is 19.1 Å². The Morgan fingerprint density at radius 2 is 2.17 bits per heavy atom. The number of alkyl halides is 1. The maximum Gasteiger partial charge on any atom is 0.111 e. The molecule has 0 aliphatic heterocycles. The second-order valence-electron chi connectivity index (χ2n) is 5.40. The molecule has 0 spiro atoms. The van der Waals surface area contributed by atoms with Crippen molar-refractivity contribution in [2.45, 2.75) is 38.6 Å². The monoisotopic (exact) mass is 262 g/mol. The molecule has 3 heteroatoms. The van der Waals surface area contributed by atoms with Crippen LogP contribution in [-0.2, 0) is 6.42 Å². The van der Waals surface area contributed by atoms with Crippen LogP contribution in [0.25, 0.3) is 11.0 Å². The first-order chi connectivity index (χ1) is 8.79.